The molecule has 0 aliphatic heterocycles. The van der Waals surface area contributed by atoms with Crippen LogP contribution in [0.15, 0.2) is 34.9 Å². The molecule has 0 aliphatic carbocycles. The number of rotatable bonds is 5. The van der Waals surface area contributed by atoms with Crippen molar-refractivity contribution < 1.29 is 19.2 Å². The summed E-state index contributed by atoms with van der Waals surface area (Å²) in [5.74, 6) is -0.840. The van der Waals surface area contributed by atoms with E-state index in [2.05, 4.69) is 5.16 Å². The van der Waals surface area contributed by atoms with Crippen LogP contribution in [0.3, 0.4) is 0 Å². The van der Waals surface area contributed by atoms with E-state index in [4.69, 9.17) is 49.2 Å². The zero-order chi connectivity index (χ0) is 18.1. The molecule has 3 aromatic rings. The van der Waals surface area contributed by atoms with E-state index in [9.17, 15) is 4.79 Å². The first-order chi connectivity index (χ1) is 11.9. The molecule has 5 nitrogen and oxygen atoms in total. The lowest BCUT2D eigenvalue weighted by Crippen LogP contribution is -2.26. The molecule has 0 fully saturated rings. The molecular weight excluding hydrogens is 389 g/mol. The summed E-state index contributed by atoms with van der Waals surface area (Å²) in [5, 5.41) is 14.8. The van der Waals surface area contributed by atoms with Crippen molar-refractivity contribution in [1.82, 2.24) is 5.16 Å². The van der Waals surface area contributed by atoms with E-state index in [1.807, 2.05) is 0 Å². The van der Waals surface area contributed by atoms with E-state index >= 15 is 0 Å². The summed E-state index contributed by atoms with van der Waals surface area (Å²) in [7, 11) is 0. The monoisotopic (exact) mass is 399 g/mol. The number of hydrogen-bond donors (Lipinski definition) is 1. The van der Waals surface area contributed by atoms with Crippen LogP contribution < -0.4 is 4.74 Å². The predicted octanol–water partition coefficient (Wildman–Crippen LogP) is 5.70. The highest BCUT2D eigenvalue weighted by atomic mass is 35.5. The van der Waals surface area contributed by atoms with Gasteiger partial charge in [-0.15, -0.1) is 0 Å². The van der Waals surface area contributed by atoms with Crippen molar-refractivity contribution in [3.63, 3.8) is 0 Å². The highest BCUT2D eigenvalue weighted by Crippen LogP contribution is 2.39. The Balaban J connectivity index is 2.04. The molecule has 0 aliphatic rings. The van der Waals surface area contributed by atoms with Gasteiger partial charge in [-0.25, -0.2) is 4.79 Å². The summed E-state index contributed by atoms with van der Waals surface area (Å²) in [5.41, 5.74) is 1.57. The van der Waals surface area contributed by atoms with Gasteiger partial charge in [0.05, 0.1) is 15.4 Å². The Hall–Kier alpha value is -1.95. The van der Waals surface area contributed by atoms with Crippen LogP contribution in [0.25, 0.3) is 22.2 Å². The molecular formula is C17H12Cl3NO4. The fourth-order valence-corrected chi connectivity index (χ4v) is 2.90. The summed E-state index contributed by atoms with van der Waals surface area (Å²) < 4.78 is 10.8. The second kappa shape index (κ2) is 7.12. The van der Waals surface area contributed by atoms with Gasteiger partial charge in [0.15, 0.2) is 11.7 Å². The third kappa shape index (κ3) is 3.40. The molecule has 1 aromatic heterocycles. The number of benzene rings is 2. The quantitative estimate of drug-likeness (QED) is 0.595. The van der Waals surface area contributed by atoms with Crippen molar-refractivity contribution in [2.45, 2.75) is 19.4 Å². The maximum absolute atomic E-state index is 11.1. The van der Waals surface area contributed by atoms with Crippen molar-refractivity contribution >= 4 is 51.7 Å². The van der Waals surface area contributed by atoms with Crippen LogP contribution in [0, 0.1) is 0 Å². The molecule has 130 valence electrons. The third-order valence-electron chi connectivity index (χ3n) is 3.65. The number of fused-ring (bicyclic) bond motifs is 1. The van der Waals surface area contributed by atoms with E-state index in [1.54, 1.807) is 37.3 Å². The molecule has 0 saturated carbocycles. The molecule has 0 bridgehead atoms. The number of aromatic nitrogens is 1. The van der Waals surface area contributed by atoms with E-state index in [0.717, 1.165) is 5.56 Å². The topological polar surface area (TPSA) is 72.6 Å². The average Bonchev–Trinajstić information content (AvgIpc) is 3.01. The summed E-state index contributed by atoms with van der Waals surface area (Å²) >= 11 is 18.3. The summed E-state index contributed by atoms with van der Waals surface area (Å²) in [6, 6.07) is 8.41. The van der Waals surface area contributed by atoms with Gasteiger partial charge in [-0.1, -0.05) is 52.9 Å². The average molecular weight is 401 g/mol. The molecule has 2 aromatic carbocycles. The molecule has 25 heavy (non-hydrogen) atoms. The van der Waals surface area contributed by atoms with Crippen molar-refractivity contribution in [1.29, 1.82) is 0 Å². The minimum atomic E-state index is -1.06. The first-order valence-electron chi connectivity index (χ1n) is 7.35. The zero-order valence-electron chi connectivity index (χ0n) is 12.9. The van der Waals surface area contributed by atoms with Crippen LogP contribution in [0.1, 0.15) is 13.3 Å². The van der Waals surface area contributed by atoms with E-state index in [-0.39, 0.29) is 10.8 Å². The molecule has 1 atom stereocenters. The van der Waals surface area contributed by atoms with Crippen molar-refractivity contribution in [2.24, 2.45) is 0 Å². The van der Waals surface area contributed by atoms with Gasteiger partial charge >= 0.3 is 5.97 Å². The van der Waals surface area contributed by atoms with Crippen molar-refractivity contribution in [2.75, 3.05) is 0 Å². The van der Waals surface area contributed by atoms with Gasteiger partial charge in [-0.05, 0) is 30.7 Å². The van der Waals surface area contributed by atoms with Crippen LogP contribution in [0.4, 0.5) is 0 Å². The Morgan fingerprint density at radius 2 is 2.00 bits per heavy atom. The fourth-order valence-electron chi connectivity index (χ4n) is 2.36. The number of ether oxygens (including phenoxy) is 1. The number of carboxylic acids is 1. The van der Waals surface area contributed by atoms with Crippen LogP contribution >= 0.6 is 34.8 Å². The Bertz CT molecular complexity index is 954. The maximum Gasteiger partial charge on any atom is 0.344 e. The van der Waals surface area contributed by atoms with Crippen LogP contribution in [0.5, 0.6) is 5.75 Å². The normalized spacial score (nSPS) is 12.3. The van der Waals surface area contributed by atoms with Crippen molar-refractivity contribution in [3.8, 4) is 17.0 Å². The first-order valence-corrected chi connectivity index (χ1v) is 8.48. The SMILES string of the molecule is CCC(Oc1ccc2c(-c3ccc(Cl)c(Cl)c3)noc2c1Cl)C(=O)O. The summed E-state index contributed by atoms with van der Waals surface area (Å²) in [6.45, 7) is 1.71. The molecule has 1 unspecified atom stereocenters. The third-order valence-corrected chi connectivity index (χ3v) is 4.75. The molecule has 0 saturated heterocycles. The van der Waals surface area contributed by atoms with Crippen LogP contribution in [-0.2, 0) is 4.79 Å². The molecule has 8 heteroatoms. The standard InChI is InChI=1S/C17H12Cl3NO4/c1-2-12(17(22)23)24-13-6-4-9-15(21-25-16(9)14(13)20)8-3-5-10(18)11(19)7-8/h3-7,12H,2H2,1H3,(H,22,23). The van der Waals surface area contributed by atoms with Gasteiger partial charge in [0, 0.05) is 5.56 Å². The zero-order valence-corrected chi connectivity index (χ0v) is 15.2. The van der Waals surface area contributed by atoms with Crippen LogP contribution in [-0.4, -0.2) is 22.3 Å². The number of nitrogens with zero attached hydrogens (tertiary/aromatic N) is 1. The lowest BCUT2D eigenvalue weighted by Gasteiger charge is -2.14. The predicted molar refractivity (Wildman–Crippen MR) is 96.8 cm³/mol. The molecule has 0 radical (unpaired) electrons. The summed E-state index contributed by atoms with van der Waals surface area (Å²) in [4.78, 5) is 11.1. The molecule has 1 N–H and O–H groups in total. The highest BCUT2D eigenvalue weighted by Gasteiger charge is 2.22. The van der Waals surface area contributed by atoms with Gasteiger partial charge in [-0.2, -0.15) is 0 Å². The number of hydrogen-bond acceptors (Lipinski definition) is 4. The van der Waals surface area contributed by atoms with Crippen LogP contribution in [0.2, 0.25) is 15.1 Å². The Morgan fingerprint density at radius 1 is 1.24 bits per heavy atom. The maximum atomic E-state index is 11.1. The van der Waals surface area contributed by atoms with Gasteiger partial charge in [0.2, 0.25) is 0 Å². The molecule has 0 amide bonds. The second-order valence-electron chi connectivity index (χ2n) is 5.27. The second-order valence-corrected chi connectivity index (χ2v) is 6.46. The molecule has 1 heterocycles. The number of carbonyl (C=O) groups is 1. The number of aliphatic carboxylic acids is 1. The lowest BCUT2D eigenvalue weighted by atomic mass is 10.1. The van der Waals surface area contributed by atoms with Gasteiger partial charge < -0.3 is 14.4 Å². The number of carboxylic acid groups (broad SMARTS) is 1. The van der Waals surface area contributed by atoms with Gasteiger partial charge in [0.1, 0.15) is 16.5 Å². The Kier molecular flexibility index (Phi) is 5.08. The molecule has 0 spiro atoms. The lowest BCUT2D eigenvalue weighted by molar-refractivity contribution is -0.145. The van der Waals surface area contributed by atoms with E-state index in [1.165, 1.54) is 0 Å². The van der Waals surface area contributed by atoms with E-state index in [0.29, 0.717) is 33.1 Å². The van der Waals surface area contributed by atoms with E-state index < -0.39 is 12.1 Å². The minimum absolute atomic E-state index is 0.163. The minimum Gasteiger partial charge on any atom is -0.479 e. The summed E-state index contributed by atoms with van der Waals surface area (Å²) in [6.07, 6.45) is -0.693. The smallest absolute Gasteiger partial charge is 0.344 e. The highest BCUT2D eigenvalue weighted by molar-refractivity contribution is 6.42. The van der Waals surface area contributed by atoms with Gasteiger partial charge in [-0.3, -0.25) is 0 Å². The van der Waals surface area contributed by atoms with Gasteiger partial charge in [0.25, 0.3) is 0 Å². The molecule has 3 rings (SSSR count). The fraction of sp³-hybridized carbons (Fsp3) is 0.176. The Morgan fingerprint density at radius 3 is 2.64 bits per heavy atom. The largest absolute Gasteiger partial charge is 0.479 e. The Labute approximate surface area is 158 Å². The number of halogens is 3. The van der Waals surface area contributed by atoms with Crippen molar-refractivity contribution in [3.05, 3.63) is 45.4 Å². The first kappa shape index (κ1) is 17.9.